The van der Waals surface area contributed by atoms with Crippen LogP contribution >= 0.6 is 43.5 Å². The summed E-state index contributed by atoms with van der Waals surface area (Å²) in [4.78, 5) is 25.1. The molecular formula is C23H19Br2ClO5. The van der Waals surface area contributed by atoms with Gasteiger partial charge in [-0.3, -0.25) is 0 Å². The zero-order chi connectivity index (χ0) is 22.0. The molecule has 0 radical (unpaired) electrons. The molecule has 8 heteroatoms. The molecule has 0 unspecified atom stereocenters. The fraction of sp³-hybridized carbons (Fsp3) is 0.304. The quantitative estimate of drug-likeness (QED) is 0.236. The second-order valence-corrected chi connectivity index (χ2v) is 9.62. The van der Waals surface area contributed by atoms with Crippen molar-refractivity contribution in [2.24, 2.45) is 0 Å². The number of benzene rings is 2. The number of ether oxygens (including phenoxy) is 3. The number of esters is 2. The van der Waals surface area contributed by atoms with Crippen molar-refractivity contribution in [3.63, 3.8) is 0 Å². The Balaban J connectivity index is 1.52. The maximum absolute atomic E-state index is 12.6. The van der Waals surface area contributed by atoms with Gasteiger partial charge in [0.05, 0.1) is 8.95 Å². The maximum atomic E-state index is 12.6. The van der Waals surface area contributed by atoms with Crippen molar-refractivity contribution in [1.82, 2.24) is 0 Å². The lowest BCUT2D eigenvalue weighted by Crippen LogP contribution is -2.47. The molecule has 4 rings (SSSR count). The Bertz CT molecular complexity index is 1010. The van der Waals surface area contributed by atoms with Crippen LogP contribution in [0.5, 0.6) is 5.75 Å². The molecule has 0 aromatic heterocycles. The van der Waals surface area contributed by atoms with Gasteiger partial charge in [0.25, 0.3) is 5.79 Å². The highest BCUT2D eigenvalue weighted by atomic mass is 79.9. The van der Waals surface area contributed by atoms with Crippen molar-refractivity contribution in [2.45, 2.75) is 44.5 Å². The van der Waals surface area contributed by atoms with Crippen LogP contribution in [0.4, 0.5) is 0 Å². The highest BCUT2D eigenvalue weighted by molar-refractivity contribution is 9.11. The Morgan fingerprint density at radius 3 is 2.23 bits per heavy atom. The van der Waals surface area contributed by atoms with Crippen LogP contribution in [-0.2, 0) is 25.7 Å². The molecule has 1 saturated carbocycles. The van der Waals surface area contributed by atoms with E-state index < -0.39 is 17.7 Å². The minimum atomic E-state index is -1.10. The van der Waals surface area contributed by atoms with Gasteiger partial charge >= 0.3 is 11.9 Å². The van der Waals surface area contributed by atoms with Crippen LogP contribution in [0.15, 0.2) is 50.9 Å². The first-order valence-electron chi connectivity index (χ1n) is 9.90. The van der Waals surface area contributed by atoms with Crippen molar-refractivity contribution in [2.75, 3.05) is 0 Å². The van der Waals surface area contributed by atoms with Gasteiger partial charge in [0.1, 0.15) is 17.9 Å². The Morgan fingerprint density at radius 1 is 1.00 bits per heavy atom. The number of rotatable bonds is 4. The molecule has 1 heterocycles. The minimum Gasteiger partial charge on any atom is -0.486 e. The Kier molecular flexibility index (Phi) is 6.74. The molecule has 5 nitrogen and oxygen atoms in total. The fourth-order valence-electron chi connectivity index (χ4n) is 3.70. The predicted octanol–water partition coefficient (Wildman–Crippen LogP) is 6.59. The molecule has 0 bridgehead atoms. The van der Waals surface area contributed by atoms with Crippen molar-refractivity contribution < 1.29 is 23.8 Å². The molecule has 1 aliphatic heterocycles. The van der Waals surface area contributed by atoms with E-state index >= 15 is 0 Å². The third kappa shape index (κ3) is 4.99. The van der Waals surface area contributed by atoms with E-state index in [0.29, 0.717) is 38.1 Å². The molecule has 1 spiro atoms. The molecule has 0 N–H and O–H groups in total. The zero-order valence-electron chi connectivity index (χ0n) is 16.5. The van der Waals surface area contributed by atoms with E-state index in [4.69, 9.17) is 25.8 Å². The lowest BCUT2D eigenvalue weighted by molar-refractivity contribution is -0.244. The van der Waals surface area contributed by atoms with E-state index in [0.717, 1.165) is 24.8 Å². The van der Waals surface area contributed by atoms with Crippen molar-refractivity contribution in [1.29, 1.82) is 0 Å². The van der Waals surface area contributed by atoms with Gasteiger partial charge in [-0.2, -0.15) is 0 Å². The topological polar surface area (TPSA) is 61.8 Å². The summed E-state index contributed by atoms with van der Waals surface area (Å²) in [6.07, 6.45) is 5.35. The molecular weight excluding hydrogens is 552 g/mol. The maximum Gasteiger partial charge on any atom is 0.348 e. The van der Waals surface area contributed by atoms with Gasteiger partial charge in [-0.1, -0.05) is 36.2 Å². The first-order chi connectivity index (χ1) is 14.9. The summed E-state index contributed by atoms with van der Waals surface area (Å²) in [5.74, 6) is -1.81. The summed E-state index contributed by atoms with van der Waals surface area (Å²) in [7, 11) is 0. The molecule has 2 aromatic rings. The van der Waals surface area contributed by atoms with Gasteiger partial charge in [-0.25, -0.2) is 9.59 Å². The molecule has 0 amide bonds. The summed E-state index contributed by atoms with van der Waals surface area (Å²) in [5, 5.41) is 0.626. The van der Waals surface area contributed by atoms with Crippen LogP contribution in [0.3, 0.4) is 0 Å². The number of hydrogen-bond acceptors (Lipinski definition) is 5. The number of hydrogen-bond donors (Lipinski definition) is 0. The van der Waals surface area contributed by atoms with Crippen LogP contribution < -0.4 is 4.74 Å². The molecule has 2 fully saturated rings. The van der Waals surface area contributed by atoms with E-state index in [1.165, 1.54) is 6.08 Å². The first kappa shape index (κ1) is 22.4. The van der Waals surface area contributed by atoms with E-state index in [9.17, 15) is 9.59 Å². The van der Waals surface area contributed by atoms with Crippen molar-refractivity contribution >= 4 is 61.5 Å². The second kappa shape index (κ2) is 9.35. The van der Waals surface area contributed by atoms with Crippen LogP contribution in [-0.4, -0.2) is 17.7 Å². The number of carbonyl (C=O) groups excluding carboxylic acids is 2. The second-order valence-electron chi connectivity index (χ2n) is 7.50. The lowest BCUT2D eigenvalue weighted by Gasteiger charge is -2.38. The van der Waals surface area contributed by atoms with E-state index in [1.807, 2.05) is 18.2 Å². The molecule has 162 valence electrons. The standard InChI is InChI=1S/C23H19Br2ClO5/c24-17-11-14(12-18(25)20(17)29-13-15-6-2-3-7-19(15)26)10-16-21(27)30-23(31-22(16)28)8-4-1-5-9-23/h2-3,6-7,10-12H,1,4-5,8-9,13H2. The highest BCUT2D eigenvalue weighted by Gasteiger charge is 2.46. The van der Waals surface area contributed by atoms with Crippen molar-refractivity contribution in [3.05, 3.63) is 67.1 Å². The Labute approximate surface area is 202 Å². The van der Waals surface area contributed by atoms with E-state index in [2.05, 4.69) is 31.9 Å². The lowest BCUT2D eigenvalue weighted by atomic mass is 9.93. The van der Waals surface area contributed by atoms with Gasteiger partial charge in [0.2, 0.25) is 0 Å². The first-order valence-corrected chi connectivity index (χ1v) is 11.9. The molecule has 1 saturated heterocycles. The Morgan fingerprint density at radius 2 is 1.61 bits per heavy atom. The number of carbonyl (C=O) groups is 2. The van der Waals surface area contributed by atoms with Gasteiger partial charge < -0.3 is 14.2 Å². The van der Waals surface area contributed by atoms with Crippen LogP contribution in [0.2, 0.25) is 5.02 Å². The molecule has 2 aliphatic rings. The summed E-state index contributed by atoms with van der Waals surface area (Å²) in [6, 6.07) is 11.0. The highest BCUT2D eigenvalue weighted by Crippen LogP contribution is 2.39. The van der Waals surface area contributed by atoms with Crippen LogP contribution in [0, 0.1) is 0 Å². The molecule has 31 heavy (non-hydrogen) atoms. The van der Waals surface area contributed by atoms with Gasteiger partial charge in [0.15, 0.2) is 0 Å². The summed E-state index contributed by atoms with van der Waals surface area (Å²) < 4.78 is 18.3. The average molecular weight is 571 g/mol. The van der Waals surface area contributed by atoms with Crippen molar-refractivity contribution in [3.8, 4) is 5.75 Å². The van der Waals surface area contributed by atoms with Crippen LogP contribution in [0.25, 0.3) is 6.08 Å². The monoisotopic (exact) mass is 568 g/mol. The fourth-order valence-corrected chi connectivity index (χ4v) is 5.34. The minimum absolute atomic E-state index is 0.125. The molecule has 1 aliphatic carbocycles. The molecule has 0 atom stereocenters. The SMILES string of the molecule is O=C1OC2(CCCCC2)OC(=O)C1=Cc1cc(Br)c(OCc2ccccc2Cl)c(Br)c1. The zero-order valence-corrected chi connectivity index (χ0v) is 20.4. The van der Waals surface area contributed by atoms with Gasteiger partial charge in [-0.05, 0) is 74.5 Å². The average Bonchev–Trinajstić information content (AvgIpc) is 2.72. The predicted molar refractivity (Wildman–Crippen MR) is 124 cm³/mol. The van der Waals surface area contributed by atoms with Crippen LogP contribution in [0.1, 0.15) is 43.2 Å². The normalized spacial score (nSPS) is 17.8. The molecule has 2 aromatic carbocycles. The van der Waals surface area contributed by atoms with E-state index in [1.54, 1.807) is 18.2 Å². The summed E-state index contributed by atoms with van der Waals surface area (Å²) in [5.41, 5.74) is 1.35. The van der Waals surface area contributed by atoms with Gasteiger partial charge in [0, 0.05) is 23.4 Å². The Hall–Kier alpha value is -1.83. The largest absolute Gasteiger partial charge is 0.486 e. The van der Waals surface area contributed by atoms with E-state index in [-0.39, 0.29) is 12.2 Å². The smallest absolute Gasteiger partial charge is 0.348 e. The summed E-state index contributed by atoms with van der Waals surface area (Å²) in [6.45, 7) is 0.290. The third-order valence-corrected chi connectivity index (χ3v) is 6.82. The third-order valence-electron chi connectivity index (χ3n) is 5.27. The number of halogens is 3. The summed E-state index contributed by atoms with van der Waals surface area (Å²) >= 11 is 13.2. The van der Waals surface area contributed by atoms with Gasteiger partial charge in [-0.15, -0.1) is 0 Å².